The summed E-state index contributed by atoms with van der Waals surface area (Å²) in [6.45, 7) is 6.62. The zero-order valence-electron chi connectivity index (χ0n) is 7.30. The molecule has 1 heterocycles. The van der Waals surface area contributed by atoms with Crippen LogP contribution < -0.4 is 4.90 Å². The topological polar surface area (TPSA) is 19.0 Å². The molecule has 0 aliphatic rings. The molecule has 1 rings (SSSR count). The van der Waals surface area contributed by atoms with Crippen LogP contribution >= 0.6 is 0 Å². The Labute approximate surface area is 68.2 Å². The smallest absolute Gasteiger partial charge is 0.0543 e. The summed E-state index contributed by atoms with van der Waals surface area (Å²) < 4.78 is 0. The van der Waals surface area contributed by atoms with E-state index in [2.05, 4.69) is 29.8 Å². The lowest BCUT2D eigenvalue weighted by atomic mass is 10.3. The molecule has 1 N–H and O–H groups in total. The van der Waals surface area contributed by atoms with E-state index in [-0.39, 0.29) is 0 Å². The van der Waals surface area contributed by atoms with Gasteiger partial charge < -0.3 is 9.88 Å². The summed E-state index contributed by atoms with van der Waals surface area (Å²) in [5.41, 5.74) is 1.30. The van der Waals surface area contributed by atoms with E-state index in [1.54, 1.807) is 0 Å². The highest BCUT2D eigenvalue weighted by Crippen LogP contribution is 2.11. The van der Waals surface area contributed by atoms with E-state index in [1.165, 1.54) is 12.1 Å². The van der Waals surface area contributed by atoms with Gasteiger partial charge in [0.2, 0.25) is 0 Å². The Hall–Kier alpha value is -0.920. The molecule has 0 spiro atoms. The molecule has 0 saturated carbocycles. The Morgan fingerprint density at radius 1 is 1.45 bits per heavy atom. The van der Waals surface area contributed by atoms with Gasteiger partial charge in [0.05, 0.1) is 5.69 Å². The van der Waals surface area contributed by atoms with Crippen molar-refractivity contribution in [2.24, 2.45) is 0 Å². The molecule has 62 valence electrons. The number of H-pyrrole nitrogens is 1. The third-order valence-corrected chi connectivity index (χ3v) is 1.82. The molecule has 0 amide bonds. The van der Waals surface area contributed by atoms with Crippen LogP contribution in [0.2, 0.25) is 0 Å². The van der Waals surface area contributed by atoms with Crippen molar-refractivity contribution in [1.29, 1.82) is 0 Å². The van der Waals surface area contributed by atoms with E-state index in [0.717, 1.165) is 13.1 Å². The largest absolute Gasteiger partial charge is 0.371 e. The van der Waals surface area contributed by atoms with Gasteiger partial charge in [-0.25, -0.2) is 0 Å². The third-order valence-electron chi connectivity index (χ3n) is 1.82. The van der Waals surface area contributed by atoms with Crippen LogP contribution in [-0.2, 0) is 0 Å². The Bertz CT molecular complexity index is 179. The van der Waals surface area contributed by atoms with Crippen molar-refractivity contribution in [3.63, 3.8) is 0 Å². The van der Waals surface area contributed by atoms with Crippen LogP contribution in [0.15, 0.2) is 18.5 Å². The lowest BCUT2D eigenvalue weighted by molar-refractivity contribution is 0.792. The molecule has 0 radical (unpaired) electrons. The fourth-order valence-electron chi connectivity index (χ4n) is 1.25. The summed E-state index contributed by atoms with van der Waals surface area (Å²) in [6, 6.07) is 2.11. The Kier molecular flexibility index (Phi) is 3.02. The molecule has 0 saturated heterocycles. The molecule has 11 heavy (non-hydrogen) atoms. The number of anilines is 1. The summed E-state index contributed by atoms with van der Waals surface area (Å²) in [5.74, 6) is 0. The SMILES string of the molecule is CCCN(CC)c1cc[nH]c1. The number of nitrogens with zero attached hydrogens (tertiary/aromatic N) is 1. The molecule has 0 unspecified atom stereocenters. The monoisotopic (exact) mass is 152 g/mol. The summed E-state index contributed by atoms with van der Waals surface area (Å²) in [7, 11) is 0. The summed E-state index contributed by atoms with van der Waals surface area (Å²) in [6.07, 6.45) is 5.21. The average molecular weight is 152 g/mol. The summed E-state index contributed by atoms with van der Waals surface area (Å²) in [5, 5.41) is 0. The fourth-order valence-corrected chi connectivity index (χ4v) is 1.25. The van der Waals surface area contributed by atoms with Crippen molar-refractivity contribution < 1.29 is 0 Å². The maximum atomic E-state index is 3.06. The third kappa shape index (κ3) is 2.00. The van der Waals surface area contributed by atoms with Crippen LogP contribution in [0.4, 0.5) is 5.69 Å². The zero-order valence-corrected chi connectivity index (χ0v) is 7.30. The van der Waals surface area contributed by atoms with Gasteiger partial charge in [0.1, 0.15) is 0 Å². The molecule has 1 aromatic heterocycles. The Morgan fingerprint density at radius 2 is 2.27 bits per heavy atom. The lowest BCUT2D eigenvalue weighted by Gasteiger charge is -2.20. The van der Waals surface area contributed by atoms with E-state index in [1.807, 2.05) is 12.4 Å². The van der Waals surface area contributed by atoms with Gasteiger partial charge in [-0.3, -0.25) is 0 Å². The van der Waals surface area contributed by atoms with Gasteiger partial charge in [-0.1, -0.05) is 6.92 Å². The predicted molar refractivity (Wildman–Crippen MR) is 49.0 cm³/mol. The number of hydrogen-bond acceptors (Lipinski definition) is 1. The van der Waals surface area contributed by atoms with Crippen molar-refractivity contribution in [2.75, 3.05) is 18.0 Å². The van der Waals surface area contributed by atoms with E-state index in [4.69, 9.17) is 0 Å². The van der Waals surface area contributed by atoms with Crippen molar-refractivity contribution in [2.45, 2.75) is 20.3 Å². The van der Waals surface area contributed by atoms with E-state index in [0.29, 0.717) is 0 Å². The second-order valence-corrected chi connectivity index (χ2v) is 2.65. The maximum absolute atomic E-state index is 3.06. The minimum absolute atomic E-state index is 1.09. The van der Waals surface area contributed by atoms with Crippen molar-refractivity contribution in [1.82, 2.24) is 4.98 Å². The van der Waals surface area contributed by atoms with Crippen LogP contribution in [0.25, 0.3) is 0 Å². The molecule has 1 aromatic rings. The molecule has 0 atom stereocenters. The molecular weight excluding hydrogens is 136 g/mol. The van der Waals surface area contributed by atoms with Crippen LogP contribution in [0.1, 0.15) is 20.3 Å². The zero-order chi connectivity index (χ0) is 8.10. The van der Waals surface area contributed by atoms with Gasteiger partial charge in [-0.2, -0.15) is 0 Å². The minimum atomic E-state index is 1.09. The van der Waals surface area contributed by atoms with Crippen LogP contribution in [-0.4, -0.2) is 18.1 Å². The normalized spacial score (nSPS) is 10.0. The molecule has 0 aliphatic carbocycles. The molecule has 2 nitrogen and oxygen atoms in total. The first-order valence-corrected chi connectivity index (χ1v) is 4.26. The van der Waals surface area contributed by atoms with Gasteiger partial charge in [0, 0.05) is 25.5 Å². The van der Waals surface area contributed by atoms with Gasteiger partial charge >= 0.3 is 0 Å². The molecule has 0 aliphatic heterocycles. The highest BCUT2D eigenvalue weighted by Gasteiger charge is 2.00. The summed E-state index contributed by atoms with van der Waals surface area (Å²) >= 11 is 0. The van der Waals surface area contributed by atoms with E-state index < -0.39 is 0 Å². The Morgan fingerprint density at radius 3 is 2.73 bits per heavy atom. The van der Waals surface area contributed by atoms with E-state index >= 15 is 0 Å². The van der Waals surface area contributed by atoms with Gasteiger partial charge in [0.25, 0.3) is 0 Å². The Balaban J connectivity index is 2.56. The minimum Gasteiger partial charge on any atom is -0.371 e. The van der Waals surface area contributed by atoms with Crippen LogP contribution in [0, 0.1) is 0 Å². The van der Waals surface area contributed by atoms with E-state index in [9.17, 15) is 0 Å². The maximum Gasteiger partial charge on any atom is 0.0543 e. The first-order valence-electron chi connectivity index (χ1n) is 4.26. The van der Waals surface area contributed by atoms with Crippen molar-refractivity contribution >= 4 is 5.69 Å². The number of nitrogens with one attached hydrogen (secondary N) is 1. The number of rotatable bonds is 4. The molecule has 0 bridgehead atoms. The summed E-state index contributed by atoms with van der Waals surface area (Å²) in [4.78, 5) is 5.42. The highest BCUT2D eigenvalue weighted by atomic mass is 15.1. The van der Waals surface area contributed by atoms with Gasteiger partial charge in [-0.05, 0) is 19.4 Å². The number of aromatic amines is 1. The van der Waals surface area contributed by atoms with Crippen molar-refractivity contribution in [3.8, 4) is 0 Å². The van der Waals surface area contributed by atoms with Crippen LogP contribution in [0.3, 0.4) is 0 Å². The predicted octanol–water partition coefficient (Wildman–Crippen LogP) is 2.25. The first kappa shape index (κ1) is 8.18. The lowest BCUT2D eigenvalue weighted by Crippen LogP contribution is -2.22. The second-order valence-electron chi connectivity index (χ2n) is 2.65. The fraction of sp³-hybridized carbons (Fsp3) is 0.556. The van der Waals surface area contributed by atoms with Crippen molar-refractivity contribution in [3.05, 3.63) is 18.5 Å². The van der Waals surface area contributed by atoms with Gasteiger partial charge in [0.15, 0.2) is 0 Å². The van der Waals surface area contributed by atoms with Gasteiger partial charge in [-0.15, -0.1) is 0 Å². The van der Waals surface area contributed by atoms with Crippen LogP contribution in [0.5, 0.6) is 0 Å². The highest BCUT2D eigenvalue weighted by molar-refractivity contribution is 5.43. The molecule has 0 aromatic carbocycles. The molecular formula is C9H16N2. The standard InChI is InChI=1S/C9H16N2/c1-3-7-11(4-2)9-5-6-10-8-9/h5-6,8,10H,3-4,7H2,1-2H3. The second kappa shape index (κ2) is 4.06. The molecule has 2 heteroatoms. The average Bonchev–Trinajstić information content (AvgIpc) is 2.52. The number of hydrogen-bond donors (Lipinski definition) is 1. The quantitative estimate of drug-likeness (QED) is 0.701. The molecule has 0 fully saturated rings. The number of aromatic nitrogens is 1. The first-order chi connectivity index (χ1) is 5.38.